The quantitative estimate of drug-likeness (QED) is 0.0621. The van der Waals surface area contributed by atoms with Gasteiger partial charge in [0.1, 0.15) is 23.9 Å². The van der Waals surface area contributed by atoms with Crippen molar-refractivity contribution in [3.63, 3.8) is 0 Å². The number of carboxylic acids is 2. The Balaban J connectivity index is 2.03. The molecule has 0 aromatic heterocycles. The maximum Gasteiger partial charge on any atom is 0.327 e. The van der Waals surface area contributed by atoms with Gasteiger partial charge < -0.3 is 41.5 Å². The van der Waals surface area contributed by atoms with Crippen LogP contribution in [0.4, 0.5) is 11.4 Å². The molecule has 2 rings (SSSR count). The van der Waals surface area contributed by atoms with Gasteiger partial charge in [0.15, 0.2) is 5.82 Å². The third-order valence-electron chi connectivity index (χ3n) is 7.24. The molecule has 7 N–H and O–H groups in total. The molecule has 16 nitrogen and oxygen atoms in total. The summed E-state index contributed by atoms with van der Waals surface area (Å²) in [4.78, 5) is 72.6. The highest BCUT2D eigenvalue weighted by Crippen LogP contribution is 2.20. The van der Waals surface area contributed by atoms with E-state index in [1.54, 1.807) is 48.5 Å². The van der Waals surface area contributed by atoms with E-state index in [1.807, 2.05) is 34.6 Å². The van der Waals surface area contributed by atoms with E-state index >= 15 is 0 Å². The van der Waals surface area contributed by atoms with Crippen molar-refractivity contribution in [1.82, 2.24) is 16.0 Å². The normalized spacial score (nSPS) is 12.9. The predicted molar refractivity (Wildman–Crippen MR) is 197 cm³/mol. The van der Waals surface area contributed by atoms with Crippen molar-refractivity contribution in [1.29, 1.82) is 0 Å². The number of carbonyl (C=O) groups is 5. The number of nitro groups is 1. The fourth-order valence-electron chi connectivity index (χ4n) is 4.77. The summed E-state index contributed by atoms with van der Waals surface area (Å²) in [5, 5.41) is 43.8. The number of rotatable bonds is 19. The fourth-order valence-corrected chi connectivity index (χ4v) is 4.77. The largest absolute Gasteiger partial charge is 0.497 e. The topological polar surface area (TPSA) is 238 Å². The minimum Gasteiger partial charge on any atom is -0.497 e. The second kappa shape index (κ2) is 20.7. The van der Waals surface area contributed by atoms with E-state index in [2.05, 4.69) is 38.4 Å². The molecule has 3 unspecified atom stereocenters. The Labute approximate surface area is 308 Å². The first-order valence-electron chi connectivity index (χ1n) is 16.8. The Morgan fingerprint density at radius 3 is 1.75 bits per heavy atom. The van der Waals surface area contributed by atoms with Crippen LogP contribution in [0.25, 0.3) is 0 Å². The minimum absolute atomic E-state index is 0.0473. The van der Waals surface area contributed by atoms with Crippen molar-refractivity contribution in [3.05, 3.63) is 76.2 Å². The lowest BCUT2D eigenvalue weighted by Crippen LogP contribution is -2.52. The standard InChI is InChI=1S/C37H48N6O10/c1-23(2)19-30(34(46)42-29(36(49)50)10-8-7-9-28(35(47)48)40-33(45)21-37(3,4)5)41-32(44)20-24-11-13-25(14-12-24)38-31(22-43(51)52)39-26-15-17-27(53-6)18-16-26/h11-18,22-23,28-30,38-39H,9-10,19-21H2,1-6H3,(H,40,45)(H,41,44)(H,42,46)(H,47,48)(H,49,50)/b31-22+. The van der Waals surface area contributed by atoms with Crippen LogP contribution in [0.5, 0.6) is 5.75 Å². The highest BCUT2D eigenvalue weighted by molar-refractivity contribution is 5.91. The minimum atomic E-state index is -1.45. The van der Waals surface area contributed by atoms with Crippen molar-refractivity contribution in [2.24, 2.45) is 11.3 Å². The van der Waals surface area contributed by atoms with Crippen LogP contribution in [-0.2, 0) is 30.4 Å². The summed E-state index contributed by atoms with van der Waals surface area (Å²) in [6, 6.07) is 9.50. The third kappa shape index (κ3) is 17.1. The van der Waals surface area contributed by atoms with E-state index in [4.69, 9.17) is 4.74 Å². The first-order chi connectivity index (χ1) is 24.8. The van der Waals surface area contributed by atoms with Crippen molar-refractivity contribution in [2.45, 2.75) is 84.8 Å². The van der Waals surface area contributed by atoms with Gasteiger partial charge in [-0.05, 0) is 59.7 Å². The average molecular weight is 737 g/mol. The molecule has 0 heterocycles. The van der Waals surface area contributed by atoms with E-state index in [-0.39, 0.29) is 49.3 Å². The number of benzene rings is 2. The number of hydrogen-bond acceptors (Lipinski definition) is 10. The molecule has 3 amide bonds. The highest BCUT2D eigenvalue weighted by atomic mass is 16.6. The van der Waals surface area contributed by atoms with Crippen LogP contribution < -0.4 is 31.3 Å². The van der Waals surface area contributed by atoms with E-state index in [1.165, 1.54) is 7.11 Å². The van der Waals surface area contributed by atoms with Crippen molar-refractivity contribution < 1.29 is 43.8 Å². The Bertz CT molecular complexity index is 1690. The SMILES string of the molecule is COc1ccc(N/C(=C/[N+](=O)[O-])Nc2ccc(CC(=O)NC(CC(C)C)C(=O)NC(CC#CCC(NC(=O)CC(C)(C)C)C(=O)O)C(=O)O)cc2)cc1. The molecule has 0 saturated carbocycles. The van der Waals surface area contributed by atoms with Crippen molar-refractivity contribution >= 4 is 41.0 Å². The maximum atomic E-state index is 13.2. The number of carbonyl (C=O) groups excluding carboxylic acids is 3. The number of methoxy groups -OCH3 is 1. The zero-order valence-corrected chi connectivity index (χ0v) is 30.6. The molecule has 2 aromatic rings. The molecule has 0 radical (unpaired) electrons. The second-order valence-corrected chi connectivity index (χ2v) is 13.8. The van der Waals surface area contributed by atoms with Gasteiger partial charge in [0.2, 0.25) is 17.7 Å². The Hall–Kier alpha value is -6.11. The molecule has 53 heavy (non-hydrogen) atoms. The van der Waals surface area contributed by atoms with Crippen LogP contribution in [0.15, 0.2) is 60.6 Å². The Morgan fingerprint density at radius 2 is 1.30 bits per heavy atom. The molecule has 2 aromatic carbocycles. The monoisotopic (exact) mass is 736 g/mol. The van der Waals surface area contributed by atoms with E-state index in [0.717, 1.165) is 6.20 Å². The van der Waals surface area contributed by atoms with Crippen molar-refractivity contribution in [2.75, 3.05) is 17.7 Å². The lowest BCUT2D eigenvalue weighted by Gasteiger charge is -2.22. The van der Waals surface area contributed by atoms with Gasteiger partial charge in [-0.15, -0.1) is 11.8 Å². The number of nitrogens with one attached hydrogen (secondary N) is 5. The molecular formula is C37H48N6O10. The van der Waals surface area contributed by atoms with Gasteiger partial charge in [0, 0.05) is 30.6 Å². The molecular weight excluding hydrogens is 688 g/mol. The van der Waals surface area contributed by atoms with Crippen LogP contribution >= 0.6 is 0 Å². The molecule has 0 aliphatic carbocycles. The van der Waals surface area contributed by atoms with Gasteiger partial charge in [0.05, 0.1) is 18.5 Å². The summed E-state index contributed by atoms with van der Waals surface area (Å²) in [6.45, 7) is 9.17. The van der Waals surface area contributed by atoms with Crippen LogP contribution in [0.1, 0.15) is 65.9 Å². The summed E-state index contributed by atoms with van der Waals surface area (Å²) in [5.74, 6) is 1.47. The van der Waals surface area contributed by atoms with Gasteiger partial charge in [-0.25, -0.2) is 9.59 Å². The Morgan fingerprint density at radius 1 is 0.811 bits per heavy atom. The lowest BCUT2D eigenvalue weighted by atomic mass is 9.92. The number of nitrogens with zero attached hydrogens (tertiary/aromatic N) is 1. The average Bonchev–Trinajstić information content (AvgIpc) is 3.04. The van der Waals surface area contributed by atoms with Crippen LogP contribution in [0, 0.1) is 33.3 Å². The first-order valence-corrected chi connectivity index (χ1v) is 16.8. The number of hydrogen-bond donors (Lipinski definition) is 7. The molecule has 0 aliphatic heterocycles. The summed E-state index contributed by atoms with van der Waals surface area (Å²) in [6.07, 6.45) is 0.352. The third-order valence-corrected chi connectivity index (χ3v) is 7.24. The van der Waals surface area contributed by atoms with E-state index in [9.17, 15) is 44.3 Å². The zero-order chi connectivity index (χ0) is 39.7. The van der Waals surface area contributed by atoms with Gasteiger partial charge in [-0.3, -0.25) is 24.5 Å². The van der Waals surface area contributed by atoms with Crippen molar-refractivity contribution in [3.8, 4) is 17.6 Å². The highest BCUT2D eigenvalue weighted by Gasteiger charge is 2.27. The molecule has 0 aliphatic rings. The number of anilines is 2. The first kappa shape index (κ1) is 43.1. The van der Waals surface area contributed by atoms with E-state index in [0.29, 0.717) is 22.7 Å². The summed E-state index contributed by atoms with van der Waals surface area (Å²) in [5.41, 5.74) is 1.29. The Kier molecular flexibility index (Phi) is 16.8. The molecule has 3 atom stereocenters. The van der Waals surface area contributed by atoms with Gasteiger partial charge in [0.25, 0.3) is 6.20 Å². The van der Waals surface area contributed by atoms with Gasteiger partial charge in [-0.1, -0.05) is 46.8 Å². The lowest BCUT2D eigenvalue weighted by molar-refractivity contribution is -0.403. The summed E-state index contributed by atoms with van der Waals surface area (Å²) >= 11 is 0. The summed E-state index contributed by atoms with van der Waals surface area (Å²) < 4.78 is 5.13. The zero-order valence-electron chi connectivity index (χ0n) is 30.6. The number of aliphatic carboxylic acids is 2. The number of ether oxygens (including phenoxy) is 1. The number of amides is 3. The molecule has 0 bridgehead atoms. The van der Waals surface area contributed by atoms with Crippen LogP contribution in [0.2, 0.25) is 0 Å². The molecule has 0 spiro atoms. The van der Waals surface area contributed by atoms with Crippen LogP contribution in [0.3, 0.4) is 0 Å². The molecule has 16 heteroatoms. The van der Waals surface area contributed by atoms with Crippen LogP contribution in [-0.4, -0.2) is 70.0 Å². The van der Waals surface area contributed by atoms with Gasteiger partial charge >= 0.3 is 11.9 Å². The summed E-state index contributed by atoms with van der Waals surface area (Å²) in [7, 11) is 1.52. The molecule has 0 saturated heterocycles. The second-order valence-electron chi connectivity index (χ2n) is 13.8. The predicted octanol–water partition coefficient (Wildman–Crippen LogP) is 3.73. The molecule has 286 valence electrons. The van der Waals surface area contributed by atoms with E-state index < -0.39 is 52.7 Å². The maximum absolute atomic E-state index is 13.2. The smallest absolute Gasteiger partial charge is 0.327 e. The number of carboxylic acid groups (broad SMARTS) is 2. The fraction of sp³-hybridized carbons (Fsp3) is 0.432. The molecule has 0 fully saturated rings. The van der Waals surface area contributed by atoms with Gasteiger partial charge in [-0.2, -0.15) is 0 Å².